The van der Waals surface area contributed by atoms with Gasteiger partial charge in [0.1, 0.15) is 69.4 Å². The summed E-state index contributed by atoms with van der Waals surface area (Å²) in [6, 6.07) is 32.3. The third-order valence-corrected chi connectivity index (χ3v) is 33.5. The number of nitrogens with one attached hydrogen (secondary N) is 4. The van der Waals surface area contributed by atoms with Crippen molar-refractivity contribution in [1.29, 1.82) is 0 Å². The van der Waals surface area contributed by atoms with Crippen molar-refractivity contribution in [3.63, 3.8) is 0 Å². The molecule has 8 aliphatic rings. The molecule has 4 saturated heterocycles. The highest BCUT2D eigenvalue weighted by Gasteiger charge is 2.52. The number of alkyl halides is 10. The Labute approximate surface area is 816 Å². The van der Waals surface area contributed by atoms with Gasteiger partial charge in [-0.25, -0.2) is 88.7 Å². The number of ether oxygens (including phenoxy) is 2. The maximum absolute atomic E-state index is 15.3. The van der Waals surface area contributed by atoms with Crippen molar-refractivity contribution < 1.29 is 105 Å². The summed E-state index contributed by atoms with van der Waals surface area (Å²) in [5, 5.41) is 7.40. The van der Waals surface area contributed by atoms with E-state index in [1.165, 1.54) is 104 Å². The highest BCUT2D eigenvalue weighted by Crippen LogP contribution is 2.56. The molecule has 2 aliphatic carbocycles. The van der Waals surface area contributed by atoms with Gasteiger partial charge in [-0.3, -0.25) is 48.5 Å². The molecule has 0 amide bonds. The lowest BCUT2D eigenvalue weighted by molar-refractivity contribution is -0.193. The molecular formula is C94H92F14N18O10S6. The van der Waals surface area contributed by atoms with Crippen molar-refractivity contribution in [3.8, 4) is 11.5 Å². The fourth-order valence-electron chi connectivity index (χ4n) is 20.1. The Morgan fingerprint density at radius 2 is 0.810 bits per heavy atom. The fraction of sp³-hybridized carbons (Fsp3) is 0.383. The zero-order chi connectivity index (χ0) is 100. The van der Waals surface area contributed by atoms with Crippen molar-refractivity contribution in [2.24, 2.45) is 11.8 Å². The predicted molar refractivity (Wildman–Crippen MR) is 495 cm³/mol. The second-order valence-electron chi connectivity index (χ2n) is 35.3. The van der Waals surface area contributed by atoms with Crippen LogP contribution in [0.25, 0.3) is 0 Å². The third kappa shape index (κ3) is 23.1. The van der Waals surface area contributed by atoms with Crippen LogP contribution in [0.15, 0.2) is 227 Å². The van der Waals surface area contributed by atoms with Gasteiger partial charge in [-0.2, -0.15) is 40.2 Å². The van der Waals surface area contributed by atoms with Gasteiger partial charge in [-0.15, -0.1) is 5.10 Å². The fourth-order valence-corrected chi connectivity index (χ4v) is 25.6. The number of nitrogens with zero attached hydrogens (tertiary/aromatic N) is 14. The highest BCUT2D eigenvalue weighted by atomic mass is 32.2. The van der Waals surface area contributed by atoms with E-state index in [0.717, 1.165) is 129 Å². The number of halogens is 14. The Hall–Kier alpha value is -11.6. The Bertz CT molecular complexity index is 6490. The summed E-state index contributed by atoms with van der Waals surface area (Å²) in [6.45, 7) is 2.02. The number of piperidine rings is 4. The van der Waals surface area contributed by atoms with Crippen LogP contribution in [0, 0.1) is 35.1 Å². The lowest BCUT2D eigenvalue weighted by Gasteiger charge is -2.46. The zero-order valence-corrected chi connectivity index (χ0v) is 79.9. The standard InChI is InChI=1S/2C25H23F5N4O3S.2C22H23F2N5O2S2/c26-17-3-1-15(2-4-17)21-11-16(25(28,29)30)6-9-34(21)20-7-10-37-22-13-23(19(27)12-18(20)22)38(35,36)33-24-5-8-31-14-32-24;26-17-5-3-15(4-6-17)21-12-16(25(28,29)30)7-10-34(21)20-8-11-37-22-14-23(19(27)13-18(20)22)38(35,36)33-24-2-1-9-31-32-24;2*23-22(24)9-8-20(29-11-2-1-5-19(29)15-4-3-10-25-13-15)17-7-6-16(12-18(17)22)33(30,31)28-21-26-14-27-32-21/h1-5,8,12-14,16,20-21H,6-7,9-11H2,(H,31,32,33);1-6,9,13-14,16,20-21H,7-8,10-12H2,(H,32,33);2*3-4,6-7,10,12-14,19-20H,1-2,5,8-9,11H2,(H,26,27,28)/t2*16-,20+,21+;19-,20+;19-,20-/m1100/s1. The summed E-state index contributed by atoms with van der Waals surface area (Å²) in [5.74, 6) is -12.3. The van der Waals surface area contributed by atoms with E-state index in [2.05, 4.69) is 77.5 Å². The number of sulfonamides is 4. The van der Waals surface area contributed by atoms with Gasteiger partial charge in [-0.05, 0) is 215 Å². The van der Waals surface area contributed by atoms with Gasteiger partial charge in [0, 0.05) is 169 Å². The second kappa shape index (κ2) is 42.3. The van der Waals surface area contributed by atoms with Crippen LogP contribution in [0.3, 0.4) is 0 Å². The first-order chi connectivity index (χ1) is 67.8. The number of fused-ring (bicyclic) bond motifs is 4. The van der Waals surface area contributed by atoms with Crippen LogP contribution in [0.2, 0.25) is 0 Å². The van der Waals surface area contributed by atoms with Gasteiger partial charge in [0.25, 0.3) is 51.9 Å². The summed E-state index contributed by atoms with van der Waals surface area (Å²) < 4.78 is 330. The van der Waals surface area contributed by atoms with Gasteiger partial charge in [-0.1, -0.05) is 61.4 Å². The van der Waals surface area contributed by atoms with Crippen molar-refractivity contribution in [1.82, 2.24) is 68.4 Å². The Kier molecular flexibility index (Phi) is 30.4. The molecule has 0 saturated carbocycles. The molecule has 0 spiro atoms. The number of pyridine rings is 2. The van der Waals surface area contributed by atoms with Crippen LogP contribution in [0.4, 0.5) is 83.4 Å². The number of anilines is 4. The number of likely N-dealkylation sites (tertiary alicyclic amines) is 4. The third-order valence-electron chi connectivity index (χ3n) is 26.7. The smallest absolute Gasteiger partial charge is 0.391 e. The molecule has 20 rings (SSSR count). The van der Waals surface area contributed by atoms with Gasteiger partial charge in [0.2, 0.25) is 10.3 Å². The molecule has 4 fully saturated rings. The lowest BCUT2D eigenvalue weighted by atomic mass is 9.82. The molecule has 4 N–H and O–H groups in total. The van der Waals surface area contributed by atoms with E-state index in [-0.39, 0.29) is 143 Å². The summed E-state index contributed by atoms with van der Waals surface area (Å²) in [6.07, 6.45) is 10.5. The van der Waals surface area contributed by atoms with Gasteiger partial charge in [0.05, 0.1) is 34.8 Å². The molecule has 142 heavy (non-hydrogen) atoms. The molecular weight excluding hydrogens is 2000 g/mol. The first-order valence-corrected chi connectivity index (χ1v) is 52.9. The van der Waals surface area contributed by atoms with Crippen LogP contribution in [0.5, 0.6) is 11.5 Å². The largest absolute Gasteiger partial charge is 0.493 e. The number of hydrogen-bond acceptors (Lipinski definition) is 26. The minimum Gasteiger partial charge on any atom is -0.493 e. The van der Waals surface area contributed by atoms with Crippen molar-refractivity contribution in [2.45, 2.75) is 195 Å². The molecule has 0 bridgehead atoms. The molecule has 48 heteroatoms. The summed E-state index contributed by atoms with van der Waals surface area (Å²) in [4.78, 5) is 30.2. The molecule has 12 aromatic rings. The van der Waals surface area contributed by atoms with E-state index >= 15 is 26.3 Å². The summed E-state index contributed by atoms with van der Waals surface area (Å²) >= 11 is 1.76. The Morgan fingerprint density at radius 3 is 1.20 bits per heavy atom. The first kappa shape index (κ1) is 102. The van der Waals surface area contributed by atoms with E-state index in [4.69, 9.17) is 9.47 Å². The first-order valence-electron chi connectivity index (χ1n) is 45.4. The maximum atomic E-state index is 15.3. The summed E-state index contributed by atoms with van der Waals surface area (Å²) in [7, 11) is -16.9. The molecule has 0 unspecified atom stereocenters. The lowest BCUT2D eigenvalue weighted by Crippen LogP contribution is -2.44. The topological polar surface area (TPSA) is 345 Å². The van der Waals surface area contributed by atoms with E-state index in [1.54, 1.807) is 24.5 Å². The number of aromatic nitrogens is 10. The maximum Gasteiger partial charge on any atom is 0.391 e. The molecule has 6 aliphatic heterocycles. The molecule has 752 valence electrons. The number of rotatable bonds is 20. The second-order valence-corrected chi connectivity index (χ2v) is 43.5. The molecule has 6 aromatic carbocycles. The van der Waals surface area contributed by atoms with Crippen molar-refractivity contribution in [2.75, 3.05) is 58.3 Å². The molecule has 28 nitrogen and oxygen atoms in total. The SMILES string of the molecule is O=S(=O)(Nc1cccnn1)c1cc2c(cc1F)[C@@H](N1CC[C@@H](C(F)(F)F)C[C@H]1c1ccc(F)cc1)CCO2.O=S(=O)(Nc1ccncn1)c1cc2c(cc1F)[C@@H](N1CC[C@@H](C(F)(F)F)C[C@H]1c1ccc(F)cc1)CCO2.O=S(=O)(Nc1ncns1)c1ccc2c(c1)C(F)(F)CC[C@@H]2N1CCCC[C@H]1c1cccnc1.O=S(=O)(Nc1ncns1)c1ccc2c(c1)C(F)(F)CC[C@H]2N1CCCC[C@H]1c1cccnc1. The molecule has 12 heterocycles. The van der Waals surface area contributed by atoms with E-state index in [0.29, 0.717) is 59.1 Å². The van der Waals surface area contributed by atoms with Gasteiger partial charge in [0.15, 0.2) is 5.82 Å². The van der Waals surface area contributed by atoms with Crippen LogP contribution in [0.1, 0.15) is 207 Å². The molecule has 10 atom stereocenters. The van der Waals surface area contributed by atoms with Crippen molar-refractivity contribution >= 4 is 85.1 Å². The summed E-state index contributed by atoms with van der Waals surface area (Å²) in [5.41, 5.74) is 4.44. The zero-order valence-electron chi connectivity index (χ0n) is 75.0. The van der Waals surface area contributed by atoms with E-state index < -0.39 is 133 Å². The minimum atomic E-state index is -4.39. The average Bonchev–Trinajstić information content (AvgIpc) is 0.884. The Morgan fingerprint density at radius 1 is 0.380 bits per heavy atom. The number of benzene rings is 6. The van der Waals surface area contributed by atoms with Crippen LogP contribution in [-0.4, -0.2) is 154 Å². The Balaban J connectivity index is 0.000000130. The number of hydrogen-bond donors (Lipinski definition) is 4. The monoisotopic (exact) mass is 2090 g/mol. The van der Waals surface area contributed by atoms with Crippen LogP contribution >= 0.6 is 23.1 Å². The van der Waals surface area contributed by atoms with Gasteiger partial charge >= 0.3 is 12.4 Å². The molecule has 0 radical (unpaired) electrons. The predicted octanol–water partition coefficient (Wildman–Crippen LogP) is 20.6. The van der Waals surface area contributed by atoms with Crippen molar-refractivity contribution in [3.05, 3.63) is 287 Å². The van der Waals surface area contributed by atoms with Gasteiger partial charge < -0.3 is 9.47 Å². The van der Waals surface area contributed by atoms with E-state index in [1.807, 2.05) is 46.5 Å². The quantitative estimate of drug-likeness (QED) is 0.0515. The van der Waals surface area contributed by atoms with Crippen LogP contribution in [-0.2, 0) is 51.9 Å². The normalized spacial score (nSPS) is 22.7. The average molecular weight is 2090 g/mol. The van der Waals surface area contributed by atoms with E-state index in [9.17, 15) is 68.8 Å². The molecule has 6 aromatic heterocycles. The minimum absolute atomic E-state index is 0.0504. The highest BCUT2D eigenvalue weighted by molar-refractivity contribution is 7.93. The van der Waals surface area contributed by atoms with Crippen LogP contribution < -0.4 is 28.4 Å².